The van der Waals surface area contributed by atoms with Crippen molar-refractivity contribution < 1.29 is 0 Å². The van der Waals surface area contributed by atoms with E-state index in [9.17, 15) is 0 Å². The number of nitrogens with one attached hydrogen (secondary N) is 1. The fourth-order valence-corrected chi connectivity index (χ4v) is 0.935. The first-order valence-electron chi connectivity index (χ1n) is 4.48. The van der Waals surface area contributed by atoms with Gasteiger partial charge in [0.1, 0.15) is 0 Å². The van der Waals surface area contributed by atoms with Gasteiger partial charge in [-0.3, -0.25) is 5.10 Å². The molecule has 0 aliphatic heterocycles. The SMILES string of the molecule is C=C(C)c1cn[nH]c1C(=C)C.CC. The van der Waals surface area contributed by atoms with Gasteiger partial charge in [-0.1, -0.05) is 27.0 Å². The molecule has 13 heavy (non-hydrogen) atoms. The molecule has 2 heteroatoms. The number of hydrogen-bond donors (Lipinski definition) is 1. The molecule has 0 aliphatic rings. The zero-order valence-corrected chi connectivity index (χ0v) is 8.94. The number of H-pyrrole nitrogens is 1. The maximum Gasteiger partial charge on any atom is 0.0675 e. The molecule has 1 N–H and O–H groups in total. The molecule has 0 radical (unpaired) electrons. The molecule has 0 amide bonds. The predicted octanol–water partition coefficient (Wildman–Crippen LogP) is 3.50. The van der Waals surface area contributed by atoms with Crippen LogP contribution in [0.2, 0.25) is 0 Å². The normalized spacial score (nSPS) is 8.62. The Labute approximate surface area is 80.4 Å². The van der Waals surface area contributed by atoms with Crippen molar-refractivity contribution in [2.45, 2.75) is 27.7 Å². The Balaban J connectivity index is 0.000000671. The van der Waals surface area contributed by atoms with Gasteiger partial charge in [0.05, 0.1) is 11.9 Å². The van der Waals surface area contributed by atoms with Crippen molar-refractivity contribution in [2.75, 3.05) is 0 Å². The lowest BCUT2D eigenvalue weighted by Gasteiger charge is -1.99. The van der Waals surface area contributed by atoms with E-state index < -0.39 is 0 Å². The highest BCUT2D eigenvalue weighted by atomic mass is 15.1. The Kier molecular flexibility index (Phi) is 4.82. The van der Waals surface area contributed by atoms with Gasteiger partial charge in [-0.25, -0.2) is 0 Å². The largest absolute Gasteiger partial charge is 0.278 e. The third-order valence-electron chi connectivity index (χ3n) is 1.53. The summed E-state index contributed by atoms with van der Waals surface area (Å²) < 4.78 is 0. The van der Waals surface area contributed by atoms with Crippen molar-refractivity contribution in [3.05, 3.63) is 30.6 Å². The van der Waals surface area contributed by atoms with Crippen LogP contribution in [0.4, 0.5) is 0 Å². The van der Waals surface area contributed by atoms with Crippen LogP contribution >= 0.6 is 0 Å². The molecule has 0 aromatic carbocycles. The van der Waals surface area contributed by atoms with Crippen LogP contribution in [0.5, 0.6) is 0 Å². The summed E-state index contributed by atoms with van der Waals surface area (Å²) in [5.41, 5.74) is 4.03. The van der Waals surface area contributed by atoms with Crippen molar-refractivity contribution in [3.63, 3.8) is 0 Å². The van der Waals surface area contributed by atoms with E-state index in [1.54, 1.807) is 6.20 Å². The molecule has 1 aromatic heterocycles. The molecular formula is C11H18N2. The molecule has 0 saturated carbocycles. The van der Waals surface area contributed by atoms with Crippen LogP contribution in [0.15, 0.2) is 19.4 Å². The van der Waals surface area contributed by atoms with E-state index in [2.05, 4.69) is 23.4 Å². The molecule has 72 valence electrons. The van der Waals surface area contributed by atoms with E-state index in [0.717, 1.165) is 22.4 Å². The van der Waals surface area contributed by atoms with Gasteiger partial charge >= 0.3 is 0 Å². The Morgan fingerprint density at radius 3 is 2.08 bits per heavy atom. The van der Waals surface area contributed by atoms with Crippen molar-refractivity contribution in [3.8, 4) is 0 Å². The number of aromatic amines is 1. The molecule has 2 nitrogen and oxygen atoms in total. The zero-order valence-electron chi connectivity index (χ0n) is 8.94. The zero-order chi connectivity index (χ0) is 10.4. The van der Waals surface area contributed by atoms with Gasteiger partial charge in [-0.15, -0.1) is 0 Å². The molecule has 0 spiro atoms. The molecular weight excluding hydrogens is 160 g/mol. The standard InChI is InChI=1S/C9H12N2.C2H6/c1-6(2)8-5-10-11-9(8)7(3)4;1-2/h5H,1,3H2,2,4H3,(H,10,11);1-2H3. The van der Waals surface area contributed by atoms with Crippen molar-refractivity contribution in [2.24, 2.45) is 0 Å². The topological polar surface area (TPSA) is 28.7 Å². The summed E-state index contributed by atoms with van der Waals surface area (Å²) in [5.74, 6) is 0. The van der Waals surface area contributed by atoms with E-state index in [1.165, 1.54) is 0 Å². The highest BCUT2D eigenvalue weighted by Gasteiger charge is 2.04. The monoisotopic (exact) mass is 178 g/mol. The summed E-state index contributed by atoms with van der Waals surface area (Å²) >= 11 is 0. The lowest BCUT2D eigenvalue weighted by molar-refractivity contribution is 1.07. The highest BCUT2D eigenvalue weighted by Crippen LogP contribution is 2.19. The molecule has 1 aromatic rings. The van der Waals surface area contributed by atoms with E-state index in [-0.39, 0.29) is 0 Å². The third kappa shape index (κ3) is 2.90. The predicted molar refractivity (Wildman–Crippen MR) is 59.4 cm³/mol. The molecule has 1 heterocycles. The summed E-state index contributed by atoms with van der Waals surface area (Å²) in [7, 11) is 0. The minimum absolute atomic E-state index is 0.984. The van der Waals surface area contributed by atoms with Crippen LogP contribution in [-0.4, -0.2) is 10.2 Å². The van der Waals surface area contributed by atoms with E-state index >= 15 is 0 Å². The second kappa shape index (κ2) is 5.36. The molecule has 0 saturated heterocycles. The van der Waals surface area contributed by atoms with Gasteiger partial charge in [0.2, 0.25) is 0 Å². The van der Waals surface area contributed by atoms with E-state index in [0.29, 0.717) is 0 Å². The maximum absolute atomic E-state index is 3.92. The Morgan fingerprint density at radius 2 is 1.77 bits per heavy atom. The molecule has 0 fully saturated rings. The van der Waals surface area contributed by atoms with Crippen LogP contribution < -0.4 is 0 Å². The second-order valence-electron chi connectivity index (χ2n) is 2.72. The van der Waals surface area contributed by atoms with Crippen LogP contribution in [0.25, 0.3) is 11.1 Å². The Morgan fingerprint density at radius 1 is 1.23 bits per heavy atom. The summed E-state index contributed by atoms with van der Waals surface area (Å²) in [4.78, 5) is 0. The van der Waals surface area contributed by atoms with Gasteiger partial charge in [-0.2, -0.15) is 5.10 Å². The van der Waals surface area contributed by atoms with Crippen LogP contribution in [0.1, 0.15) is 39.0 Å². The smallest absolute Gasteiger partial charge is 0.0675 e. The summed E-state index contributed by atoms with van der Waals surface area (Å²) in [6, 6.07) is 0. The quantitative estimate of drug-likeness (QED) is 0.737. The summed E-state index contributed by atoms with van der Waals surface area (Å²) in [5, 5.41) is 6.79. The lowest BCUT2D eigenvalue weighted by Crippen LogP contribution is -1.83. The molecule has 0 atom stereocenters. The van der Waals surface area contributed by atoms with E-state index in [4.69, 9.17) is 0 Å². The van der Waals surface area contributed by atoms with Gasteiger partial charge in [0.15, 0.2) is 0 Å². The molecule has 0 bridgehead atoms. The fourth-order valence-electron chi connectivity index (χ4n) is 0.935. The summed E-state index contributed by atoms with van der Waals surface area (Å²) in [6.07, 6.45) is 1.77. The number of rotatable bonds is 2. The average molecular weight is 178 g/mol. The van der Waals surface area contributed by atoms with Crippen LogP contribution in [0.3, 0.4) is 0 Å². The minimum Gasteiger partial charge on any atom is -0.278 e. The maximum atomic E-state index is 3.92. The van der Waals surface area contributed by atoms with Gasteiger partial charge in [0.25, 0.3) is 0 Å². The molecule has 1 rings (SSSR count). The van der Waals surface area contributed by atoms with Crippen LogP contribution in [0, 0.1) is 0 Å². The number of nitrogens with zero attached hydrogens (tertiary/aromatic N) is 1. The van der Waals surface area contributed by atoms with Gasteiger partial charge in [-0.05, 0) is 25.0 Å². The molecule has 0 unspecified atom stereocenters. The van der Waals surface area contributed by atoms with Gasteiger partial charge in [0, 0.05) is 5.56 Å². The Hall–Kier alpha value is -1.31. The van der Waals surface area contributed by atoms with E-state index in [1.807, 2.05) is 27.7 Å². The van der Waals surface area contributed by atoms with Crippen LogP contribution in [-0.2, 0) is 0 Å². The summed E-state index contributed by atoms with van der Waals surface area (Å²) in [6.45, 7) is 15.6. The van der Waals surface area contributed by atoms with Crippen molar-refractivity contribution in [1.82, 2.24) is 10.2 Å². The number of hydrogen-bond acceptors (Lipinski definition) is 1. The molecule has 0 aliphatic carbocycles. The first kappa shape index (κ1) is 11.7. The highest BCUT2D eigenvalue weighted by molar-refractivity contribution is 5.73. The second-order valence-corrected chi connectivity index (χ2v) is 2.72. The average Bonchev–Trinajstić information content (AvgIpc) is 2.55. The third-order valence-corrected chi connectivity index (χ3v) is 1.53. The first-order chi connectivity index (χ1) is 6.13. The number of aromatic nitrogens is 2. The minimum atomic E-state index is 0.984. The lowest BCUT2D eigenvalue weighted by atomic mass is 10.1. The van der Waals surface area contributed by atoms with Crippen molar-refractivity contribution >= 4 is 11.1 Å². The van der Waals surface area contributed by atoms with Crippen molar-refractivity contribution in [1.29, 1.82) is 0 Å². The first-order valence-corrected chi connectivity index (χ1v) is 4.48. The fraction of sp³-hybridized carbons (Fsp3) is 0.364. The Bertz CT molecular complexity index is 266. The van der Waals surface area contributed by atoms with Gasteiger partial charge < -0.3 is 0 Å². The number of allylic oxidation sites excluding steroid dienone is 2.